The number of nitrogen functional groups attached to an aromatic ring is 1. The van der Waals surface area contributed by atoms with Gasteiger partial charge in [0.25, 0.3) is 5.91 Å². The average molecular weight is 428 g/mol. The molecule has 7 nitrogen and oxygen atoms in total. The number of amides is 1. The van der Waals surface area contributed by atoms with Crippen LogP contribution in [0, 0.1) is 13.8 Å². The summed E-state index contributed by atoms with van der Waals surface area (Å²) in [4.78, 5) is 22.2. The summed E-state index contributed by atoms with van der Waals surface area (Å²) in [5.74, 6) is 1.19. The molecule has 2 heterocycles. The fourth-order valence-corrected chi connectivity index (χ4v) is 3.79. The number of hydrogen-bond donors (Lipinski definition) is 1. The average Bonchev–Trinajstić information content (AvgIpc) is 2.74. The highest BCUT2D eigenvalue weighted by Crippen LogP contribution is 2.28. The third kappa shape index (κ3) is 6.59. The Bertz CT molecular complexity index is 838. The largest absolute Gasteiger partial charge is 0.495 e. The number of nitrogens with two attached hydrogens (primary N) is 1. The molecule has 7 heteroatoms. The van der Waals surface area contributed by atoms with E-state index in [4.69, 9.17) is 10.5 Å². The van der Waals surface area contributed by atoms with Gasteiger partial charge in [0.1, 0.15) is 11.6 Å². The zero-order valence-electron chi connectivity index (χ0n) is 19.8. The summed E-state index contributed by atoms with van der Waals surface area (Å²) in [6, 6.07) is 10.1. The molecule has 170 valence electrons. The number of anilines is 2. The maximum atomic E-state index is 11.7. The first-order valence-corrected chi connectivity index (χ1v) is 10.8. The second-order valence-electron chi connectivity index (χ2n) is 8.04. The van der Waals surface area contributed by atoms with Gasteiger partial charge in [0.2, 0.25) is 0 Å². The quantitative estimate of drug-likeness (QED) is 0.790. The van der Waals surface area contributed by atoms with E-state index in [2.05, 4.69) is 33.8 Å². The summed E-state index contributed by atoms with van der Waals surface area (Å²) in [6.07, 6.45) is 1.24. The first-order chi connectivity index (χ1) is 14.8. The van der Waals surface area contributed by atoms with Crippen molar-refractivity contribution in [1.29, 1.82) is 0 Å². The third-order valence-corrected chi connectivity index (χ3v) is 5.33. The number of pyridine rings is 1. The Morgan fingerprint density at radius 1 is 1.16 bits per heavy atom. The number of carbonyl (C=O) groups excluding carboxylic acids is 1. The van der Waals surface area contributed by atoms with Crippen LogP contribution in [0.4, 0.5) is 11.5 Å². The number of aromatic nitrogens is 1. The van der Waals surface area contributed by atoms with Gasteiger partial charge in [-0.1, -0.05) is 19.1 Å². The van der Waals surface area contributed by atoms with E-state index in [0.717, 1.165) is 43.2 Å². The highest BCUT2D eigenvalue weighted by atomic mass is 16.5. The molecule has 1 saturated heterocycles. The van der Waals surface area contributed by atoms with Crippen LogP contribution in [0.25, 0.3) is 0 Å². The van der Waals surface area contributed by atoms with Crippen LogP contribution in [0.1, 0.15) is 35.0 Å². The standard InChI is InChI=1S/C14H22N2O.C10H15N3O/c1-3-8-15-9-11-16(12-10-15)13-6-4-5-7-14(13)17-2;1-6-5-7(2)12-9(11)8(6)10(14)13(3)4/h4-7H,3,8-12H2,1-2H3;5H,1-4H3,(H2,11,12). The van der Waals surface area contributed by atoms with Crippen LogP contribution < -0.4 is 15.4 Å². The summed E-state index contributed by atoms with van der Waals surface area (Å²) >= 11 is 0. The van der Waals surface area contributed by atoms with Crippen molar-refractivity contribution >= 4 is 17.4 Å². The normalized spacial score (nSPS) is 13.9. The molecule has 1 amide bonds. The summed E-state index contributed by atoms with van der Waals surface area (Å²) < 4.78 is 5.42. The first kappa shape index (κ1) is 24.5. The SMILES string of the molecule is CCCN1CCN(c2ccccc2OC)CC1.Cc1cc(C)c(C(=O)N(C)C)c(N)n1. The molecule has 0 aliphatic carbocycles. The molecule has 2 aromatic rings. The van der Waals surface area contributed by atoms with Crippen LogP contribution in [-0.4, -0.2) is 74.6 Å². The van der Waals surface area contributed by atoms with E-state index in [1.54, 1.807) is 21.2 Å². The first-order valence-electron chi connectivity index (χ1n) is 10.8. The maximum absolute atomic E-state index is 11.7. The number of para-hydroxylation sites is 2. The molecule has 1 fully saturated rings. The van der Waals surface area contributed by atoms with Crippen LogP contribution >= 0.6 is 0 Å². The number of piperazine rings is 1. The summed E-state index contributed by atoms with van der Waals surface area (Å²) in [5.41, 5.74) is 9.13. The number of carbonyl (C=O) groups is 1. The topological polar surface area (TPSA) is 74.9 Å². The number of ether oxygens (including phenoxy) is 1. The monoisotopic (exact) mass is 427 g/mol. The van der Waals surface area contributed by atoms with Crippen molar-refractivity contribution in [3.05, 3.63) is 47.2 Å². The zero-order chi connectivity index (χ0) is 23.0. The van der Waals surface area contributed by atoms with E-state index in [1.165, 1.54) is 23.6 Å². The Balaban J connectivity index is 0.000000225. The van der Waals surface area contributed by atoms with Crippen molar-refractivity contribution < 1.29 is 9.53 Å². The lowest BCUT2D eigenvalue weighted by Crippen LogP contribution is -2.46. The molecule has 0 saturated carbocycles. The molecular formula is C24H37N5O2. The Labute approximate surface area is 186 Å². The van der Waals surface area contributed by atoms with Crippen LogP contribution in [-0.2, 0) is 0 Å². The van der Waals surface area contributed by atoms with Gasteiger partial charge in [-0.2, -0.15) is 0 Å². The Kier molecular flexibility index (Phi) is 9.12. The predicted molar refractivity (Wildman–Crippen MR) is 128 cm³/mol. The second-order valence-corrected chi connectivity index (χ2v) is 8.04. The van der Waals surface area contributed by atoms with Gasteiger partial charge < -0.3 is 20.3 Å². The zero-order valence-corrected chi connectivity index (χ0v) is 19.8. The lowest BCUT2D eigenvalue weighted by atomic mass is 10.1. The number of methoxy groups -OCH3 is 1. The van der Waals surface area contributed by atoms with Crippen molar-refractivity contribution in [3.8, 4) is 5.75 Å². The van der Waals surface area contributed by atoms with Gasteiger partial charge in [-0.25, -0.2) is 4.98 Å². The van der Waals surface area contributed by atoms with Crippen molar-refractivity contribution in [2.24, 2.45) is 0 Å². The number of benzene rings is 1. The molecule has 2 N–H and O–H groups in total. The second kappa shape index (κ2) is 11.6. The number of rotatable bonds is 5. The van der Waals surface area contributed by atoms with E-state index < -0.39 is 0 Å². The van der Waals surface area contributed by atoms with Gasteiger partial charge in [0, 0.05) is 46.0 Å². The summed E-state index contributed by atoms with van der Waals surface area (Å²) in [5, 5.41) is 0. The van der Waals surface area contributed by atoms with E-state index in [1.807, 2.05) is 32.0 Å². The molecule has 31 heavy (non-hydrogen) atoms. The van der Waals surface area contributed by atoms with Gasteiger partial charge in [0.15, 0.2) is 0 Å². The Morgan fingerprint density at radius 3 is 2.35 bits per heavy atom. The number of hydrogen-bond acceptors (Lipinski definition) is 6. The van der Waals surface area contributed by atoms with Crippen LogP contribution in [0.15, 0.2) is 30.3 Å². The summed E-state index contributed by atoms with van der Waals surface area (Å²) in [6.45, 7) is 11.7. The van der Waals surface area contributed by atoms with Gasteiger partial charge in [-0.3, -0.25) is 9.69 Å². The van der Waals surface area contributed by atoms with Gasteiger partial charge in [-0.15, -0.1) is 0 Å². The molecule has 0 radical (unpaired) electrons. The van der Waals surface area contributed by atoms with E-state index in [0.29, 0.717) is 11.4 Å². The molecule has 1 aromatic heterocycles. The van der Waals surface area contributed by atoms with Crippen molar-refractivity contribution in [3.63, 3.8) is 0 Å². The predicted octanol–water partition coefficient (Wildman–Crippen LogP) is 3.21. The molecule has 0 bridgehead atoms. The number of aryl methyl sites for hydroxylation is 2. The molecule has 1 aromatic carbocycles. The molecule has 0 spiro atoms. The van der Waals surface area contributed by atoms with E-state index >= 15 is 0 Å². The number of nitrogens with zero attached hydrogens (tertiary/aromatic N) is 4. The molecule has 3 rings (SSSR count). The van der Waals surface area contributed by atoms with Gasteiger partial charge in [-0.05, 0) is 50.6 Å². The van der Waals surface area contributed by atoms with Crippen LogP contribution in [0.3, 0.4) is 0 Å². The molecule has 1 aliphatic rings. The maximum Gasteiger partial charge on any atom is 0.257 e. The molecule has 1 aliphatic heterocycles. The molecule has 0 unspecified atom stereocenters. The van der Waals surface area contributed by atoms with Gasteiger partial charge >= 0.3 is 0 Å². The smallest absolute Gasteiger partial charge is 0.257 e. The lowest BCUT2D eigenvalue weighted by Gasteiger charge is -2.36. The van der Waals surface area contributed by atoms with E-state index in [9.17, 15) is 4.79 Å². The van der Waals surface area contributed by atoms with Gasteiger partial charge in [0.05, 0.1) is 18.4 Å². The Morgan fingerprint density at radius 2 is 1.81 bits per heavy atom. The van der Waals surface area contributed by atoms with Crippen LogP contribution in [0.5, 0.6) is 5.75 Å². The highest BCUT2D eigenvalue weighted by Gasteiger charge is 2.18. The van der Waals surface area contributed by atoms with Crippen molar-refractivity contribution in [2.75, 3.05) is 64.6 Å². The lowest BCUT2D eigenvalue weighted by molar-refractivity contribution is 0.0827. The Hall–Kier alpha value is -2.80. The fraction of sp³-hybridized carbons (Fsp3) is 0.500. The minimum atomic E-state index is -0.104. The fourth-order valence-electron chi connectivity index (χ4n) is 3.79. The highest BCUT2D eigenvalue weighted by molar-refractivity contribution is 5.99. The van der Waals surface area contributed by atoms with Crippen molar-refractivity contribution in [1.82, 2.24) is 14.8 Å². The third-order valence-electron chi connectivity index (χ3n) is 5.33. The van der Waals surface area contributed by atoms with Crippen molar-refractivity contribution in [2.45, 2.75) is 27.2 Å². The molecular weight excluding hydrogens is 390 g/mol. The van der Waals surface area contributed by atoms with E-state index in [-0.39, 0.29) is 5.91 Å². The minimum absolute atomic E-state index is 0.104. The molecule has 0 atom stereocenters. The summed E-state index contributed by atoms with van der Waals surface area (Å²) in [7, 11) is 5.13. The van der Waals surface area contributed by atoms with Crippen LogP contribution in [0.2, 0.25) is 0 Å². The minimum Gasteiger partial charge on any atom is -0.495 e.